The number of methoxy groups -OCH3 is 1. The molecular weight excluding hydrogens is 364 g/mol. The summed E-state index contributed by atoms with van der Waals surface area (Å²) < 4.78 is 7.28. The van der Waals surface area contributed by atoms with E-state index in [4.69, 9.17) is 4.74 Å². The molecule has 4 rings (SSSR count). The largest absolute Gasteiger partial charge is 0.497 e. The van der Waals surface area contributed by atoms with Gasteiger partial charge in [0.05, 0.1) is 19.7 Å². The SMILES string of the molecule is CCC[C@@H](c1nnnn1Cc1ccc(OC)cc1)[NH+]1CC[NH+](C2CCCC2)CC1. The second-order valence-corrected chi connectivity index (χ2v) is 8.68. The molecule has 0 unspecified atom stereocenters. The van der Waals surface area contributed by atoms with Gasteiger partial charge in [-0.3, -0.25) is 0 Å². The number of benzene rings is 1. The maximum absolute atomic E-state index is 5.27. The molecule has 2 fully saturated rings. The zero-order valence-corrected chi connectivity index (χ0v) is 17.9. The van der Waals surface area contributed by atoms with Crippen LogP contribution in [-0.4, -0.2) is 59.5 Å². The van der Waals surface area contributed by atoms with Gasteiger partial charge in [-0.2, -0.15) is 0 Å². The molecule has 1 aliphatic carbocycles. The molecule has 1 atom stereocenters. The first-order chi connectivity index (χ1) is 14.3. The highest BCUT2D eigenvalue weighted by Gasteiger charge is 2.36. The van der Waals surface area contributed by atoms with E-state index in [2.05, 4.69) is 34.6 Å². The summed E-state index contributed by atoms with van der Waals surface area (Å²) in [5, 5.41) is 12.9. The molecule has 7 nitrogen and oxygen atoms in total. The topological polar surface area (TPSA) is 61.7 Å². The Bertz CT molecular complexity index is 747. The van der Waals surface area contributed by atoms with Crippen LogP contribution in [0.2, 0.25) is 0 Å². The molecule has 2 aromatic rings. The van der Waals surface area contributed by atoms with Crippen molar-refractivity contribution in [3.8, 4) is 5.75 Å². The number of hydrogen-bond donors (Lipinski definition) is 2. The van der Waals surface area contributed by atoms with Crippen LogP contribution >= 0.6 is 0 Å². The molecule has 2 aliphatic rings. The van der Waals surface area contributed by atoms with Crippen LogP contribution in [0.1, 0.15) is 62.9 Å². The predicted octanol–water partition coefficient (Wildman–Crippen LogP) is 0.297. The normalized spacial score (nSPS) is 23.9. The van der Waals surface area contributed by atoms with Gasteiger partial charge in [-0.05, 0) is 53.8 Å². The summed E-state index contributed by atoms with van der Waals surface area (Å²) in [6.07, 6.45) is 8.03. The Morgan fingerprint density at radius 1 is 1.10 bits per heavy atom. The van der Waals surface area contributed by atoms with E-state index >= 15 is 0 Å². The van der Waals surface area contributed by atoms with Gasteiger partial charge in [0.1, 0.15) is 38.0 Å². The van der Waals surface area contributed by atoms with Gasteiger partial charge in [0.15, 0.2) is 0 Å². The Morgan fingerprint density at radius 3 is 2.48 bits per heavy atom. The third-order valence-corrected chi connectivity index (χ3v) is 6.90. The average molecular weight is 401 g/mol. The van der Waals surface area contributed by atoms with Gasteiger partial charge in [0.2, 0.25) is 5.82 Å². The smallest absolute Gasteiger partial charge is 0.209 e. The van der Waals surface area contributed by atoms with E-state index in [0.717, 1.165) is 30.5 Å². The summed E-state index contributed by atoms with van der Waals surface area (Å²) in [4.78, 5) is 3.51. The number of nitrogens with zero attached hydrogens (tertiary/aromatic N) is 4. The van der Waals surface area contributed by atoms with Crippen LogP contribution in [0.25, 0.3) is 0 Å². The quantitative estimate of drug-likeness (QED) is 0.669. The molecule has 2 heterocycles. The highest BCUT2D eigenvalue weighted by atomic mass is 16.5. The van der Waals surface area contributed by atoms with Crippen molar-refractivity contribution in [2.45, 2.75) is 64.1 Å². The van der Waals surface area contributed by atoms with Crippen molar-refractivity contribution in [1.82, 2.24) is 20.2 Å². The van der Waals surface area contributed by atoms with E-state index in [1.165, 1.54) is 57.4 Å². The second kappa shape index (κ2) is 9.67. The fraction of sp³-hybridized carbons (Fsp3) is 0.682. The number of quaternary nitrogens is 2. The van der Waals surface area contributed by atoms with Crippen molar-refractivity contribution in [3.63, 3.8) is 0 Å². The Kier molecular flexibility index (Phi) is 6.77. The first kappa shape index (κ1) is 20.3. The van der Waals surface area contributed by atoms with Crippen LogP contribution in [0, 0.1) is 0 Å². The van der Waals surface area contributed by atoms with Crippen LogP contribution in [0.5, 0.6) is 5.75 Å². The average Bonchev–Trinajstić information content (AvgIpc) is 3.45. The van der Waals surface area contributed by atoms with E-state index < -0.39 is 0 Å². The van der Waals surface area contributed by atoms with E-state index in [9.17, 15) is 0 Å². The van der Waals surface area contributed by atoms with Crippen molar-refractivity contribution >= 4 is 0 Å². The number of rotatable bonds is 8. The predicted molar refractivity (Wildman–Crippen MR) is 111 cm³/mol. The van der Waals surface area contributed by atoms with Crippen LogP contribution in [0.3, 0.4) is 0 Å². The van der Waals surface area contributed by atoms with Crippen molar-refractivity contribution in [1.29, 1.82) is 0 Å². The first-order valence-electron chi connectivity index (χ1n) is 11.4. The van der Waals surface area contributed by atoms with E-state index in [1.807, 2.05) is 21.7 Å². The molecule has 2 N–H and O–H groups in total. The second-order valence-electron chi connectivity index (χ2n) is 8.68. The van der Waals surface area contributed by atoms with Gasteiger partial charge < -0.3 is 14.5 Å². The molecular formula is C22H36N6O+2. The third kappa shape index (κ3) is 4.78. The molecule has 7 heteroatoms. The minimum absolute atomic E-state index is 0.387. The molecule has 1 aliphatic heterocycles. The standard InChI is InChI=1S/C22H34N6O/c1-3-6-21(27-15-13-26(14-16-27)19-7-4-5-8-19)22-23-24-25-28(22)17-18-9-11-20(29-2)12-10-18/h9-12,19,21H,3-8,13-17H2,1-2H3/p+2/t21-/m0/s1. The minimum atomic E-state index is 0.387. The van der Waals surface area contributed by atoms with Crippen LogP contribution in [0.15, 0.2) is 24.3 Å². The lowest BCUT2D eigenvalue weighted by molar-refractivity contribution is -1.04. The first-order valence-corrected chi connectivity index (χ1v) is 11.4. The van der Waals surface area contributed by atoms with Crippen molar-refractivity contribution < 1.29 is 14.5 Å². The molecule has 0 spiro atoms. The fourth-order valence-electron chi connectivity index (χ4n) is 5.27. The van der Waals surface area contributed by atoms with Gasteiger partial charge in [-0.25, -0.2) is 4.68 Å². The lowest BCUT2D eigenvalue weighted by Gasteiger charge is -2.36. The van der Waals surface area contributed by atoms with E-state index in [1.54, 1.807) is 12.0 Å². The molecule has 1 saturated carbocycles. The number of hydrogen-bond acceptors (Lipinski definition) is 4. The van der Waals surface area contributed by atoms with Crippen molar-refractivity contribution in [2.75, 3.05) is 33.3 Å². The van der Waals surface area contributed by atoms with Crippen LogP contribution in [0.4, 0.5) is 0 Å². The number of piperazine rings is 1. The van der Waals surface area contributed by atoms with Crippen molar-refractivity contribution in [3.05, 3.63) is 35.7 Å². The molecule has 1 saturated heterocycles. The summed E-state index contributed by atoms with van der Waals surface area (Å²) in [6.45, 7) is 8.02. The molecule has 158 valence electrons. The molecule has 0 amide bonds. The van der Waals surface area contributed by atoms with Crippen LogP contribution < -0.4 is 14.5 Å². The highest BCUT2D eigenvalue weighted by molar-refractivity contribution is 5.27. The summed E-state index contributed by atoms with van der Waals surface area (Å²) in [5.74, 6) is 1.92. The lowest BCUT2D eigenvalue weighted by Crippen LogP contribution is -3.29. The maximum atomic E-state index is 5.27. The Hall–Kier alpha value is -1.99. The van der Waals surface area contributed by atoms with Gasteiger partial charge in [0, 0.05) is 6.42 Å². The Labute approximate surface area is 174 Å². The number of nitrogens with one attached hydrogen (secondary N) is 2. The van der Waals surface area contributed by atoms with Gasteiger partial charge >= 0.3 is 0 Å². The van der Waals surface area contributed by atoms with E-state index in [0.29, 0.717) is 12.6 Å². The van der Waals surface area contributed by atoms with E-state index in [-0.39, 0.29) is 0 Å². The third-order valence-electron chi connectivity index (χ3n) is 6.90. The molecule has 0 bridgehead atoms. The molecule has 1 aromatic heterocycles. The summed E-state index contributed by atoms with van der Waals surface area (Å²) >= 11 is 0. The monoisotopic (exact) mass is 400 g/mol. The number of tetrazole rings is 1. The van der Waals surface area contributed by atoms with Gasteiger partial charge in [-0.1, -0.05) is 25.5 Å². The lowest BCUT2D eigenvalue weighted by atomic mass is 10.1. The number of ether oxygens (including phenoxy) is 1. The van der Waals surface area contributed by atoms with Crippen LogP contribution in [-0.2, 0) is 6.54 Å². The zero-order chi connectivity index (χ0) is 20.1. The fourth-order valence-corrected chi connectivity index (χ4v) is 5.27. The summed E-state index contributed by atoms with van der Waals surface area (Å²) in [7, 11) is 1.70. The summed E-state index contributed by atoms with van der Waals surface area (Å²) in [5.41, 5.74) is 1.19. The zero-order valence-electron chi connectivity index (χ0n) is 17.9. The van der Waals surface area contributed by atoms with Crippen molar-refractivity contribution in [2.24, 2.45) is 0 Å². The molecule has 29 heavy (non-hydrogen) atoms. The van der Waals surface area contributed by atoms with Gasteiger partial charge in [-0.15, -0.1) is 5.10 Å². The van der Waals surface area contributed by atoms with Gasteiger partial charge in [0.25, 0.3) is 0 Å². The highest BCUT2D eigenvalue weighted by Crippen LogP contribution is 2.17. The Balaban J connectivity index is 1.44. The molecule has 1 aromatic carbocycles. The Morgan fingerprint density at radius 2 is 1.83 bits per heavy atom. The number of aromatic nitrogens is 4. The minimum Gasteiger partial charge on any atom is -0.497 e. The summed E-state index contributed by atoms with van der Waals surface area (Å²) in [6, 6.07) is 9.49. The molecule has 0 radical (unpaired) electrons. The maximum Gasteiger partial charge on any atom is 0.209 e.